The molecular weight excluding hydrogens is 464 g/mol. The van der Waals surface area contributed by atoms with Crippen LogP contribution in [0.2, 0.25) is 0 Å². The SMILES string of the molecule is CCOc1ccccc1/C=c1/sc2n(c1=O)C(c1ccc(OC)cc1)C(C(=O)OC(C)C)=C(C)N=2. The van der Waals surface area contributed by atoms with E-state index in [9.17, 15) is 9.59 Å². The van der Waals surface area contributed by atoms with E-state index in [1.54, 1.807) is 32.4 Å². The monoisotopic (exact) mass is 492 g/mol. The molecule has 0 fully saturated rings. The number of aromatic nitrogens is 1. The van der Waals surface area contributed by atoms with Crippen LogP contribution in [0, 0.1) is 0 Å². The molecule has 3 aromatic rings. The Kier molecular flexibility index (Phi) is 7.21. The van der Waals surface area contributed by atoms with Crippen molar-refractivity contribution >= 4 is 23.4 Å². The Bertz CT molecular complexity index is 1450. The lowest BCUT2D eigenvalue weighted by Crippen LogP contribution is -2.40. The first-order valence-corrected chi connectivity index (χ1v) is 12.2. The molecule has 0 bridgehead atoms. The van der Waals surface area contributed by atoms with Gasteiger partial charge >= 0.3 is 5.97 Å². The zero-order valence-electron chi connectivity index (χ0n) is 20.4. The number of benzene rings is 2. The first-order chi connectivity index (χ1) is 16.8. The number of methoxy groups -OCH3 is 1. The lowest BCUT2D eigenvalue weighted by Gasteiger charge is -2.25. The number of para-hydroxylation sites is 1. The smallest absolute Gasteiger partial charge is 0.338 e. The molecule has 2 heterocycles. The molecule has 0 spiro atoms. The Hall–Kier alpha value is -3.65. The predicted molar refractivity (Wildman–Crippen MR) is 136 cm³/mol. The predicted octanol–water partition coefficient (Wildman–Crippen LogP) is 3.59. The van der Waals surface area contributed by atoms with Crippen molar-refractivity contribution in [3.05, 3.63) is 90.6 Å². The average Bonchev–Trinajstić information content (AvgIpc) is 3.13. The van der Waals surface area contributed by atoms with E-state index in [-0.39, 0.29) is 11.7 Å². The van der Waals surface area contributed by atoms with Crippen molar-refractivity contribution in [3.8, 4) is 11.5 Å². The normalized spacial score (nSPS) is 15.6. The Morgan fingerprint density at radius 2 is 1.89 bits per heavy atom. The van der Waals surface area contributed by atoms with Gasteiger partial charge in [-0.1, -0.05) is 41.7 Å². The van der Waals surface area contributed by atoms with Crippen LogP contribution in [-0.2, 0) is 9.53 Å². The van der Waals surface area contributed by atoms with E-state index in [1.165, 1.54) is 11.3 Å². The third kappa shape index (κ3) is 4.93. The molecule has 4 rings (SSSR count). The summed E-state index contributed by atoms with van der Waals surface area (Å²) in [5.74, 6) is 0.892. The highest BCUT2D eigenvalue weighted by Crippen LogP contribution is 2.32. The van der Waals surface area contributed by atoms with Crippen LogP contribution < -0.4 is 24.4 Å². The van der Waals surface area contributed by atoms with E-state index in [2.05, 4.69) is 4.99 Å². The fourth-order valence-corrected chi connectivity index (χ4v) is 5.03. The van der Waals surface area contributed by atoms with E-state index in [1.807, 2.05) is 61.5 Å². The van der Waals surface area contributed by atoms with Crippen LogP contribution in [0.5, 0.6) is 11.5 Å². The molecular formula is C27H28N2O5S. The highest BCUT2D eigenvalue weighted by molar-refractivity contribution is 7.07. The molecule has 7 nitrogen and oxygen atoms in total. The molecule has 1 aliphatic rings. The maximum Gasteiger partial charge on any atom is 0.338 e. The minimum atomic E-state index is -0.673. The molecule has 0 amide bonds. The number of ether oxygens (including phenoxy) is 3. The fourth-order valence-electron chi connectivity index (χ4n) is 3.99. The maximum atomic E-state index is 13.7. The van der Waals surface area contributed by atoms with Crippen LogP contribution >= 0.6 is 11.3 Å². The number of hydrogen-bond donors (Lipinski definition) is 0. The zero-order valence-corrected chi connectivity index (χ0v) is 21.2. The molecule has 8 heteroatoms. The van der Waals surface area contributed by atoms with E-state index in [0.717, 1.165) is 11.1 Å². The van der Waals surface area contributed by atoms with Crippen molar-refractivity contribution in [2.24, 2.45) is 4.99 Å². The van der Waals surface area contributed by atoms with Gasteiger partial charge in [-0.25, -0.2) is 9.79 Å². The van der Waals surface area contributed by atoms with Gasteiger partial charge < -0.3 is 14.2 Å². The van der Waals surface area contributed by atoms with Crippen LogP contribution in [0.15, 0.2) is 69.6 Å². The third-order valence-electron chi connectivity index (χ3n) is 5.52. The summed E-state index contributed by atoms with van der Waals surface area (Å²) in [6, 6.07) is 14.2. The third-order valence-corrected chi connectivity index (χ3v) is 6.50. The Morgan fingerprint density at radius 3 is 2.54 bits per heavy atom. The molecule has 1 aromatic heterocycles. The summed E-state index contributed by atoms with van der Waals surface area (Å²) >= 11 is 1.28. The summed E-state index contributed by atoms with van der Waals surface area (Å²) in [5, 5.41) is 0. The number of nitrogens with zero attached hydrogens (tertiary/aromatic N) is 2. The number of esters is 1. The lowest BCUT2D eigenvalue weighted by atomic mass is 9.96. The van der Waals surface area contributed by atoms with Gasteiger partial charge in [0.25, 0.3) is 5.56 Å². The van der Waals surface area contributed by atoms with Gasteiger partial charge in [-0.05, 0) is 57.5 Å². The van der Waals surface area contributed by atoms with E-state index in [4.69, 9.17) is 14.2 Å². The van der Waals surface area contributed by atoms with Crippen molar-refractivity contribution in [3.63, 3.8) is 0 Å². The van der Waals surface area contributed by atoms with Crippen molar-refractivity contribution in [2.75, 3.05) is 13.7 Å². The Labute approximate surface area is 207 Å². The lowest BCUT2D eigenvalue weighted by molar-refractivity contribution is -0.143. The molecule has 0 saturated carbocycles. The van der Waals surface area contributed by atoms with Crippen molar-refractivity contribution in [1.29, 1.82) is 0 Å². The first-order valence-electron chi connectivity index (χ1n) is 11.4. The highest BCUT2D eigenvalue weighted by Gasteiger charge is 2.33. The van der Waals surface area contributed by atoms with Crippen molar-refractivity contribution in [2.45, 2.75) is 39.8 Å². The Morgan fingerprint density at radius 1 is 1.17 bits per heavy atom. The van der Waals surface area contributed by atoms with Gasteiger partial charge in [-0.3, -0.25) is 9.36 Å². The molecule has 1 unspecified atom stereocenters. The van der Waals surface area contributed by atoms with Gasteiger partial charge in [0.2, 0.25) is 0 Å². The second kappa shape index (κ2) is 10.3. The second-order valence-corrected chi connectivity index (χ2v) is 9.29. The van der Waals surface area contributed by atoms with Crippen LogP contribution in [0.3, 0.4) is 0 Å². The van der Waals surface area contributed by atoms with Gasteiger partial charge in [0.1, 0.15) is 11.5 Å². The number of thiazole rings is 1. The zero-order chi connectivity index (χ0) is 25.1. The number of carbonyl (C=O) groups excluding carboxylic acids is 1. The largest absolute Gasteiger partial charge is 0.497 e. The number of allylic oxidation sites excluding steroid dienone is 1. The minimum absolute atomic E-state index is 0.233. The molecule has 1 aliphatic heterocycles. The van der Waals surface area contributed by atoms with Gasteiger partial charge in [0, 0.05) is 5.56 Å². The van der Waals surface area contributed by atoms with E-state index < -0.39 is 12.0 Å². The van der Waals surface area contributed by atoms with Crippen LogP contribution in [0.1, 0.15) is 44.9 Å². The molecule has 0 N–H and O–H groups in total. The summed E-state index contributed by atoms with van der Waals surface area (Å²) < 4.78 is 18.6. The molecule has 0 radical (unpaired) electrons. The van der Waals surface area contributed by atoms with Crippen molar-refractivity contribution < 1.29 is 19.0 Å². The number of carbonyl (C=O) groups is 1. The highest BCUT2D eigenvalue weighted by atomic mass is 32.1. The number of fused-ring (bicyclic) bond motifs is 1. The van der Waals surface area contributed by atoms with Gasteiger partial charge in [0.15, 0.2) is 4.80 Å². The molecule has 1 atom stereocenters. The standard InChI is InChI=1S/C27H28N2O5S/c1-6-33-21-10-8-7-9-19(21)15-22-25(30)29-24(18-11-13-20(32-5)14-12-18)23(26(31)34-16(2)3)17(4)28-27(29)35-22/h7-16,24H,6H2,1-5H3/b22-15+. The summed E-state index contributed by atoms with van der Waals surface area (Å²) in [5.41, 5.74) is 2.20. The quantitative estimate of drug-likeness (QED) is 0.471. The number of rotatable bonds is 7. The summed E-state index contributed by atoms with van der Waals surface area (Å²) in [6.07, 6.45) is 1.50. The summed E-state index contributed by atoms with van der Waals surface area (Å²) in [6.45, 7) is 7.79. The summed E-state index contributed by atoms with van der Waals surface area (Å²) in [4.78, 5) is 32.0. The van der Waals surface area contributed by atoms with E-state index >= 15 is 0 Å². The minimum Gasteiger partial charge on any atom is -0.497 e. The van der Waals surface area contributed by atoms with Gasteiger partial charge in [0.05, 0.1) is 41.7 Å². The molecule has 0 aliphatic carbocycles. The molecule has 182 valence electrons. The molecule has 0 saturated heterocycles. The van der Waals surface area contributed by atoms with Crippen LogP contribution in [-0.4, -0.2) is 30.4 Å². The van der Waals surface area contributed by atoms with Crippen LogP contribution in [0.4, 0.5) is 0 Å². The number of hydrogen-bond acceptors (Lipinski definition) is 7. The Balaban J connectivity index is 1.93. The van der Waals surface area contributed by atoms with Gasteiger partial charge in [-0.2, -0.15) is 0 Å². The summed E-state index contributed by atoms with van der Waals surface area (Å²) in [7, 11) is 1.59. The van der Waals surface area contributed by atoms with Crippen LogP contribution in [0.25, 0.3) is 6.08 Å². The van der Waals surface area contributed by atoms with Crippen molar-refractivity contribution in [1.82, 2.24) is 4.57 Å². The first kappa shape index (κ1) is 24.5. The average molecular weight is 493 g/mol. The topological polar surface area (TPSA) is 79.1 Å². The van der Waals surface area contributed by atoms with Gasteiger partial charge in [-0.15, -0.1) is 0 Å². The van der Waals surface area contributed by atoms with E-state index in [0.29, 0.717) is 38.7 Å². The molecule has 2 aromatic carbocycles. The second-order valence-electron chi connectivity index (χ2n) is 8.28. The fraction of sp³-hybridized carbons (Fsp3) is 0.296. The molecule has 35 heavy (non-hydrogen) atoms. The maximum absolute atomic E-state index is 13.7.